The number of phenols is 1. The molecule has 2 aromatic rings. The largest absolute Gasteiger partial charge is 0.508 e. The lowest BCUT2D eigenvalue weighted by atomic mass is 10.1. The third-order valence-electron chi connectivity index (χ3n) is 3.76. The van der Waals surface area contributed by atoms with Gasteiger partial charge in [-0.15, -0.1) is 0 Å². The molecular formula is C17H15BrN2O3. The van der Waals surface area contributed by atoms with Crippen LogP contribution >= 0.6 is 15.9 Å². The lowest BCUT2D eigenvalue weighted by molar-refractivity contribution is -0.116. The summed E-state index contributed by atoms with van der Waals surface area (Å²) in [5.74, 6) is -0.363. The van der Waals surface area contributed by atoms with Gasteiger partial charge in [-0.1, -0.05) is 22.0 Å². The molecule has 2 aromatic carbocycles. The van der Waals surface area contributed by atoms with Gasteiger partial charge < -0.3 is 15.3 Å². The van der Waals surface area contributed by atoms with Crippen LogP contribution in [0, 0.1) is 0 Å². The standard InChI is InChI=1S/C17H15BrN2O3/c1-10(21)20-6-5-11-7-13(18)9-15(16(11)20)19-17(23)12-3-2-4-14(22)8-12/h2-4,7-9,22H,5-6H2,1H3,(H,19,23). The number of carbonyl (C=O) groups excluding carboxylic acids is 2. The maximum absolute atomic E-state index is 12.4. The van der Waals surface area contributed by atoms with E-state index in [1.165, 1.54) is 19.1 Å². The molecular weight excluding hydrogens is 360 g/mol. The van der Waals surface area contributed by atoms with E-state index in [4.69, 9.17) is 0 Å². The van der Waals surface area contributed by atoms with Crippen molar-refractivity contribution in [1.82, 2.24) is 0 Å². The van der Waals surface area contributed by atoms with E-state index < -0.39 is 0 Å². The fourth-order valence-corrected chi connectivity index (χ4v) is 3.27. The summed E-state index contributed by atoms with van der Waals surface area (Å²) in [6.45, 7) is 2.12. The molecule has 1 heterocycles. The number of nitrogens with one attached hydrogen (secondary N) is 1. The minimum atomic E-state index is -0.336. The van der Waals surface area contributed by atoms with Gasteiger partial charge in [0.05, 0.1) is 11.4 Å². The number of hydrogen-bond donors (Lipinski definition) is 2. The molecule has 0 atom stereocenters. The molecule has 0 aliphatic carbocycles. The van der Waals surface area contributed by atoms with Gasteiger partial charge in [-0.2, -0.15) is 0 Å². The molecule has 6 heteroatoms. The summed E-state index contributed by atoms with van der Waals surface area (Å²) < 4.78 is 0.841. The summed E-state index contributed by atoms with van der Waals surface area (Å²) in [4.78, 5) is 25.9. The highest BCUT2D eigenvalue weighted by Crippen LogP contribution is 2.38. The van der Waals surface area contributed by atoms with E-state index in [-0.39, 0.29) is 17.6 Å². The Morgan fingerprint density at radius 1 is 1.26 bits per heavy atom. The molecule has 0 fully saturated rings. The van der Waals surface area contributed by atoms with E-state index >= 15 is 0 Å². The van der Waals surface area contributed by atoms with E-state index in [1.54, 1.807) is 23.1 Å². The molecule has 3 rings (SSSR count). The van der Waals surface area contributed by atoms with Crippen molar-refractivity contribution >= 4 is 39.1 Å². The van der Waals surface area contributed by atoms with E-state index in [0.29, 0.717) is 17.8 Å². The van der Waals surface area contributed by atoms with Crippen LogP contribution in [0.25, 0.3) is 0 Å². The SMILES string of the molecule is CC(=O)N1CCc2cc(Br)cc(NC(=O)c3cccc(O)c3)c21. The molecule has 0 bridgehead atoms. The van der Waals surface area contributed by atoms with Crippen LogP contribution < -0.4 is 10.2 Å². The number of fused-ring (bicyclic) bond motifs is 1. The average molecular weight is 375 g/mol. The molecule has 118 valence electrons. The van der Waals surface area contributed by atoms with Gasteiger partial charge in [0.25, 0.3) is 5.91 Å². The molecule has 1 aliphatic heterocycles. The first-order valence-electron chi connectivity index (χ1n) is 7.16. The number of hydrogen-bond acceptors (Lipinski definition) is 3. The first kappa shape index (κ1) is 15.6. The van der Waals surface area contributed by atoms with Crippen LogP contribution in [0.1, 0.15) is 22.8 Å². The molecule has 23 heavy (non-hydrogen) atoms. The maximum atomic E-state index is 12.4. The van der Waals surface area contributed by atoms with Crippen LogP contribution in [0.2, 0.25) is 0 Å². The smallest absolute Gasteiger partial charge is 0.255 e. The zero-order valence-electron chi connectivity index (χ0n) is 12.5. The Morgan fingerprint density at radius 3 is 2.74 bits per heavy atom. The van der Waals surface area contributed by atoms with Gasteiger partial charge in [0.2, 0.25) is 5.91 Å². The van der Waals surface area contributed by atoms with Crippen molar-refractivity contribution < 1.29 is 14.7 Å². The number of halogens is 1. The Morgan fingerprint density at radius 2 is 2.04 bits per heavy atom. The van der Waals surface area contributed by atoms with Gasteiger partial charge >= 0.3 is 0 Å². The number of nitrogens with zero attached hydrogens (tertiary/aromatic N) is 1. The molecule has 2 N–H and O–H groups in total. The van der Waals surface area contributed by atoms with Crippen molar-refractivity contribution in [3.63, 3.8) is 0 Å². The third-order valence-corrected chi connectivity index (χ3v) is 4.22. The van der Waals surface area contributed by atoms with Gasteiger partial charge in [0, 0.05) is 23.5 Å². The van der Waals surface area contributed by atoms with Gasteiger partial charge in [-0.3, -0.25) is 9.59 Å². The number of anilines is 2. The summed E-state index contributed by atoms with van der Waals surface area (Å²) in [7, 11) is 0. The Bertz CT molecular complexity index is 804. The van der Waals surface area contributed by atoms with E-state index in [9.17, 15) is 14.7 Å². The molecule has 2 amide bonds. The highest BCUT2D eigenvalue weighted by molar-refractivity contribution is 9.10. The minimum absolute atomic E-state index is 0.0301. The van der Waals surface area contributed by atoms with Crippen molar-refractivity contribution in [2.75, 3.05) is 16.8 Å². The van der Waals surface area contributed by atoms with Crippen LogP contribution in [0.5, 0.6) is 5.75 Å². The number of carbonyl (C=O) groups is 2. The second kappa shape index (κ2) is 6.04. The zero-order valence-corrected chi connectivity index (χ0v) is 14.1. The number of rotatable bonds is 2. The monoisotopic (exact) mass is 374 g/mol. The first-order valence-corrected chi connectivity index (χ1v) is 7.96. The van der Waals surface area contributed by atoms with Crippen LogP contribution in [0.3, 0.4) is 0 Å². The van der Waals surface area contributed by atoms with Gasteiger partial charge in [0.1, 0.15) is 5.75 Å². The molecule has 0 aromatic heterocycles. The first-order chi connectivity index (χ1) is 11.0. The van der Waals surface area contributed by atoms with Crippen molar-refractivity contribution in [3.05, 3.63) is 52.0 Å². The predicted octanol–water partition coefficient (Wildman–Crippen LogP) is 3.32. The Hall–Kier alpha value is -2.34. The van der Waals surface area contributed by atoms with Crippen LogP contribution in [-0.2, 0) is 11.2 Å². The summed E-state index contributed by atoms with van der Waals surface area (Å²) >= 11 is 3.44. The minimum Gasteiger partial charge on any atom is -0.508 e. The van der Waals surface area contributed by atoms with Crippen molar-refractivity contribution in [2.45, 2.75) is 13.3 Å². The van der Waals surface area contributed by atoms with Crippen molar-refractivity contribution in [1.29, 1.82) is 0 Å². The van der Waals surface area contributed by atoms with Crippen LogP contribution in [-0.4, -0.2) is 23.5 Å². The highest BCUT2D eigenvalue weighted by Gasteiger charge is 2.26. The molecule has 0 unspecified atom stereocenters. The number of benzene rings is 2. The van der Waals surface area contributed by atoms with Crippen molar-refractivity contribution in [3.8, 4) is 5.75 Å². The van der Waals surface area contributed by atoms with Crippen molar-refractivity contribution in [2.24, 2.45) is 0 Å². The number of phenolic OH excluding ortho intramolecular Hbond substituents is 1. The summed E-state index contributed by atoms with van der Waals surface area (Å²) in [6.07, 6.45) is 0.753. The second-order valence-corrected chi connectivity index (χ2v) is 6.30. The fourth-order valence-electron chi connectivity index (χ4n) is 2.76. The summed E-state index contributed by atoms with van der Waals surface area (Å²) in [5, 5.41) is 12.3. The molecule has 0 spiro atoms. The summed E-state index contributed by atoms with van der Waals surface area (Å²) in [6, 6.07) is 9.87. The number of aromatic hydroxyl groups is 1. The third kappa shape index (κ3) is 3.07. The molecule has 5 nitrogen and oxygen atoms in total. The number of amides is 2. The molecule has 1 aliphatic rings. The Labute approximate surface area is 142 Å². The lowest BCUT2D eigenvalue weighted by Gasteiger charge is -2.19. The quantitative estimate of drug-likeness (QED) is 0.846. The average Bonchev–Trinajstić information content (AvgIpc) is 2.91. The maximum Gasteiger partial charge on any atom is 0.255 e. The predicted molar refractivity (Wildman–Crippen MR) is 91.9 cm³/mol. The molecule has 0 saturated carbocycles. The summed E-state index contributed by atoms with van der Waals surface area (Å²) in [5.41, 5.74) is 2.69. The van der Waals surface area contributed by atoms with Crippen LogP contribution in [0.15, 0.2) is 40.9 Å². The Kier molecular flexibility index (Phi) is 4.09. The van der Waals surface area contributed by atoms with E-state index in [0.717, 1.165) is 22.1 Å². The lowest BCUT2D eigenvalue weighted by Crippen LogP contribution is -2.27. The molecule has 0 radical (unpaired) electrons. The van der Waals surface area contributed by atoms with Gasteiger partial charge in [-0.05, 0) is 42.3 Å². The van der Waals surface area contributed by atoms with E-state index in [1.807, 2.05) is 6.07 Å². The van der Waals surface area contributed by atoms with Crippen LogP contribution in [0.4, 0.5) is 11.4 Å². The Balaban J connectivity index is 1.97. The normalized spacial score (nSPS) is 12.9. The zero-order chi connectivity index (χ0) is 16.6. The molecule has 0 saturated heterocycles. The topological polar surface area (TPSA) is 69.6 Å². The van der Waals surface area contributed by atoms with E-state index in [2.05, 4.69) is 21.2 Å². The fraction of sp³-hybridized carbons (Fsp3) is 0.176. The second-order valence-electron chi connectivity index (χ2n) is 5.39. The van der Waals surface area contributed by atoms with Gasteiger partial charge in [0.15, 0.2) is 0 Å². The van der Waals surface area contributed by atoms with Gasteiger partial charge in [-0.25, -0.2) is 0 Å². The highest BCUT2D eigenvalue weighted by atomic mass is 79.9.